The van der Waals surface area contributed by atoms with Gasteiger partial charge in [-0.2, -0.15) is 0 Å². The number of hydrogen-bond donors (Lipinski definition) is 1. The molecule has 1 heteroatoms. The molecule has 1 aromatic carbocycles. The van der Waals surface area contributed by atoms with Crippen LogP contribution in [0.2, 0.25) is 0 Å². The van der Waals surface area contributed by atoms with Crippen molar-refractivity contribution in [3.63, 3.8) is 0 Å². The highest BCUT2D eigenvalue weighted by atomic mass is 16.3. The van der Waals surface area contributed by atoms with Crippen LogP contribution in [-0.4, -0.2) is 11.2 Å². The molecule has 1 nitrogen and oxygen atoms in total. The summed E-state index contributed by atoms with van der Waals surface area (Å²) in [5.74, 6) is 0.514. The summed E-state index contributed by atoms with van der Waals surface area (Å²) in [6.45, 7) is 2.03. The molecule has 0 bridgehead atoms. The van der Waals surface area contributed by atoms with Crippen molar-refractivity contribution in [2.45, 2.75) is 25.9 Å². The molecule has 16 heavy (non-hydrogen) atoms. The van der Waals surface area contributed by atoms with E-state index in [9.17, 15) is 5.11 Å². The topological polar surface area (TPSA) is 20.2 Å². The molecule has 0 aromatic heterocycles. The van der Waals surface area contributed by atoms with Crippen molar-refractivity contribution in [3.8, 4) is 0 Å². The lowest BCUT2D eigenvalue weighted by molar-refractivity contribution is 0.199. The molecule has 84 valence electrons. The average Bonchev–Trinajstić information content (AvgIpc) is 3.11. The second kappa shape index (κ2) is 5.13. The fourth-order valence-corrected chi connectivity index (χ4v) is 1.69. The minimum Gasteiger partial charge on any atom is -0.389 e. The van der Waals surface area contributed by atoms with Gasteiger partial charge in [0.15, 0.2) is 0 Å². The first-order chi connectivity index (χ1) is 7.75. The van der Waals surface area contributed by atoms with E-state index >= 15 is 0 Å². The predicted molar refractivity (Wildman–Crippen MR) is 68.0 cm³/mol. The van der Waals surface area contributed by atoms with Crippen molar-refractivity contribution < 1.29 is 5.11 Å². The predicted octanol–water partition coefficient (Wildman–Crippen LogP) is 3.42. The van der Waals surface area contributed by atoms with Crippen LogP contribution in [0.3, 0.4) is 0 Å². The molecule has 1 fully saturated rings. The van der Waals surface area contributed by atoms with Crippen LogP contribution in [0.15, 0.2) is 48.1 Å². The number of hydrogen-bond acceptors (Lipinski definition) is 1. The van der Waals surface area contributed by atoms with Gasteiger partial charge in [-0.15, -0.1) is 0 Å². The van der Waals surface area contributed by atoms with E-state index in [4.69, 9.17) is 0 Å². The highest BCUT2D eigenvalue weighted by Crippen LogP contribution is 2.33. The number of aliphatic hydroxyl groups is 1. The van der Waals surface area contributed by atoms with Gasteiger partial charge in [-0.25, -0.2) is 0 Å². The molecule has 0 amide bonds. The third-order valence-corrected chi connectivity index (χ3v) is 2.88. The molecule has 0 heterocycles. The van der Waals surface area contributed by atoms with Gasteiger partial charge in [0.05, 0.1) is 6.10 Å². The molecule has 1 aliphatic carbocycles. The highest BCUT2D eigenvalue weighted by molar-refractivity contribution is 5.52. The summed E-state index contributed by atoms with van der Waals surface area (Å²) in [6.07, 6.45) is 8.19. The highest BCUT2D eigenvalue weighted by Gasteiger charge is 2.27. The lowest BCUT2D eigenvalue weighted by atomic mass is 10.1. The zero-order chi connectivity index (χ0) is 11.4. The summed E-state index contributed by atoms with van der Waals surface area (Å²) in [5.41, 5.74) is 2.32. The Balaban J connectivity index is 1.95. The zero-order valence-corrected chi connectivity index (χ0v) is 9.63. The summed E-state index contributed by atoms with van der Waals surface area (Å²) >= 11 is 0. The third-order valence-electron chi connectivity index (χ3n) is 2.88. The van der Waals surface area contributed by atoms with Crippen molar-refractivity contribution >= 4 is 6.08 Å². The second-order valence-corrected chi connectivity index (χ2v) is 4.48. The number of benzene rings is 1. The Hall–Kier alpha value is -1.34. The standard InChI is InChI=1S/C15H18O/c1-12(11-15(16)14-9-10-14)7-8-13-5-3-2-4-6-13/h2-8,11,14-16H,9-10H2,1H3/b8-7+,12-11+. The van der Waals surface area contributed by atoms with Crippen molar-refractivity contribution in [3.05, 3.63) is 53.6 Å². The maximum absolute atomic E-state index is 9.75. The maximum atomic E-state index is 9.75. The molecular formula is C15H18O. The van der Waals surface area contributed by atoms with Crippen LogP contribution < -0.4 is 0 Å². The maximum Gasteiger partial charge on any atom is 0.0754 e. The Morgan fingerprint density at radius 2 is 2.00 bits per heavy atom. The molecule has 1 aromatic rings. The van der Waals surface area contributed by atoms with Crippen molar-refractivity contribution in [1.29, 1.82) is 0 Å². The minimum absolute atomic E-state index is 0.250. The van der Waals surface area contributed by atoms with Crippen LogP contribution >= 0.6 is 0 Å². The zero-order valence-electron chi connectivity index (χ0n) is 9.63. The Bertz CT molecular complexity index is 385. The SMILES string of the molecule is CC(/C=C/c1ccccc1)=C\C(O)C1CC1. The van der Waals surface area contributed by atoms with Crippen molar-refractivity contribution in [2.24, 2.45) is 5.92 Å². The van der Waals surface area contributed by atoms with Crippen molar-refractivity contribution in [2.75, 3.05) is 0 Å². The van der Waals surface area contributed by atoms with Crippen LogP contribution in [0.25, 0.3) is 6.08 Å². The largest absolute Gasteiger partial charge is 0.389 e. The molecule has 2 rings (SSSR count). The fourth-order valence-electron chi connectivity index (χ4n) is 1.69. The van der Waals surface area contributed by atoms with E-state index < -0.39 is 0 Å². The Morgan fingerprint density at radius 1 is 1.31 bits per heavy atom. The number of rotatable bonds is 4. The third kappa shape index (κ3) is 3.35. The number of allylic oxidation sites excluding steroid dienone is 2. The van der Waals surface area contributed by atoms with Crippen LogP contribution in [0.4, 0.5) is 0 Å². The Labute approximate surface area is 97.1 Å². The molecule has 1 unspecified atom stereocenters. The number of aliphatic hydroxyl groups excluding tert-OH is 1. The average molecular weight is 214 g/mol. The minimum atomic E-state index is -0.250. The van der Waals surface area contributed by atoms with Gasteiger partial charge in [0.2, 0.25) is 0 Å². The van der Waals surface area contributed by atoms with Crippen LogP contribution in [0.5, 0.6) is 0 Å². The molecular weight excluding hydrogens is 196 g/mol. The normalized spacial score (nSPS) is 19.0. The smallest absolute Gasteiger partial charge is 0.0754 e. The lowest BCUT2D eigenvalue weighted by Gasteiger charge is -2.02. The van der Waals surface area contributed by atoms with E-state index in [0.29, 0.717) is 5.92 Å². The first-order valence-corrected chi connectivity index (χ1v) is 5.85. The second-order valence-electron chi connectivity index (χ2n) is 4.48. The van der Waals surface area contributed by atoms with E-state index in [1.165, 1.54) is 18.4 Å². The first kappa shape index (κ1) is 11.2. The van der Waals surface area contributed by atoms with Gasteiger partial charge < -0.3 is 5.11 Å². The Morgan fingerprint density at radius 3 is 2.62 bits per heavy atom. The van der Waals surface area contributed by atoms with Gasteiger partial charge in [-0.1, -0.05) is 54.1 Å². The van der Waals surface area contributed by atoms with Gasteiger partial charge in [-0.05, 0) is 31.2 Å². The van der Waals surface area contributed by atoms with E-state index in [0.717, 1.165) is 5.57 Å². The monoisotopic (exact) mass is 214 g/mol. The van der Waals surface area contributed by atoms with Crippen LogP contribution in [0.1, 0.15) is 25.3 Å². The summed E-state index contributed by atoms with van der Waals surface area (Å²) in [4.78, 5) is 0. The molecule has 1 saturated carbocycles. The van der Waals surface area contributed by atoms with Gasteiger partial charge in [0.1, 0.15) is 0 Å². The Kier molecular flexibility index (Phi) is 3.58. The molecule has 1 aliphatic rings. The molecule has 0 aliphatic heterocycles. The summed E-state index contributed by atoms with van der Waals surface area (Å²) < 4.78 is 0. The molecule has 0 saturated heterocycles. The van der Waals surface area contributed by atoms with E-state index in [1.807, 2.05) is 31.2 Å². The fraction of sp³-hybridized carbons (Fsp3) is 0.333. The van der Waals surface area contributed by atoms with Crippen LogP contribution in [0, 0.1) is 5.92 Å². The first-order valence-electron chi connectivity index (χ1n) is 5.85. The van der Waals surface area contributed by atoms with Gasteiger partial charge in [-0.3, -0.25) is 0 Å². The van der Waals surface area contributed by atoms with Crippen LogP contribution in [-0.2, 0) is 0 Å². The van der Waals surface area contributed by atoms with Gasteiger partial charge >= 0.3 is 0 Å². The summed E-state index contributed by atoms with van der Waals surface area (Å²) in [6, 6.07) is 10.2. The molecule has 1 atom stereocenters. The van der Waals surface area contributed by atoms with Gasteiger partial charge in [0.25, 0.3) is 0 Å². The van der Waals surface area contributed by atoms with E-state index in [2.05, 4.69) is 24.3 Å². The summed E-state index contributed by atoms with van der Waals surface area (Å²) in [7, 11) is 0. The molecule has 1 N–H and O–H groups in total. The van der Waals surface area contributed by atoms with E-state index in [-0.39, 0.29) is 6.10 Å². The quantitative estimate of drug-likeness (QED) is 0.761. The molecule has 0 spiro atoms. The van der Waals surface area contributed by atoms with Gasteiger partial charge in [0, 0.05) is 0 Å². The van der Waals surface area contributed by atoms with E-state index in [1.54, 1.807) is 0 Å². The summed E-state index contributed by atoms with van der Waals surface area (Å²) in [5, 5.41) is 9.75. The van der Waals surface area contributed by atoms with Crippen molar-refractivity contribution in [1.82, 2.24) is 0 Å². The molecule has 0 radical (unpaired) electrons. The lowest BCUT2D eigenvalue weighted by Crippen LogP contribution is -2.04.